The molecule has 0 atom stereocenters. The van der Waals surface area contributed by atoms with Crippen LogP contribution in [0.25, 0.3) is 16.6 Å². The molecule has 11 heteroatoms. The number of carbonyl (C=O) groups excluding carboxylic acids is 1. The van der Waals surface area contributed by atoms with Gasteiger partial charge < -0.3 is 9.72 Å². The van der Waals surface area contributed by atoms with Crippen LogP contribution in [0.15, 0.2) is 51.6 Å². The highest BCUT2D eigenvalue weighted by Crippen LogP contribution is 2.27. The number of rotatable bonds is 5. The van der Waals surface area contributed by atoms with Crippen molar-refractivity contribution in [3.05, 3.63) is 73.2 Å². The normalized spacial score (nSPS) is 11.0. The summed E-state index contributed by atoms with van der Waals surface area (Å²) in [5.41, 5.74) is 1.31. The van der Waals surface area contributed by atoms with Gasteiger partial charge in [0.15, 0.2) is 8.29 Å². The SMILES string of the molecule is COC(=O)c1ccc2c(=O)[nH]c(CSc3nn(-c4ccc(Cl)cc4)c(=S)s3)nc2c1. The van der Waals surface area contributed by atoms with Crippen LogP contribution in [-0.4, -0.2) is 32.8 Å². The van der Waals surface area contributed by atoms with Crippen molar-refractivity contribution in [3.8, 4) is 5.69 Å². The predicted octanol–water partition coefficient (Wildman–Crippen LogP) is 4.63. The van der Waals surface area contributed by atoms with Gasteiger partial charge in [0.2, 0.25) is 0 Å². The molecule has 4 aromatic rings. The quantitative estimate of drug-likeness (QED) is 0.255. The summed E-state index contributed by atoms with van der Waals surface area (Å²) in [7, 11) is 1.30. The lowest BCUT2D eigenvalue weighted by atomic mass is 10.1. The average molecular weight is 477 g/mol. The lowest BCUT2D eigenvalue weighted by Gasteiger charge is -2.04. The fourth-order valence-corrected chi connectivity index (χ4v) is 5.05. The molecule has 0 saturated carbocycles. The Balaban J connectivity index is 1.58. The minimum absolute atomic E-state index is 0.272. The Morgan fingerprint density at radius 1 is 1.30 bits per heavy atom. The second-order valence-corrected chi connectivity index (χ2v) is 9.33. The second-order valence-electron chi connectivity index (χ2n) is 6.05. The molecule has 0 amide bonds. The van der Waals surface area contributed by atoms with Gasteiger partial charge in [0.1, 0.15) is 5.82 Å². The number of nitrogens with zero attached hydrogens (tertiary/aromatic N) is 3. The molecule has 0 aliphatic rings. The van der Waals surface area contributed by atoms with E-state index in [0.29, 0.717) is 37.0 Å². The van der Waals surface area contributed by atoms with Gasteiger partial charge in [-0.1, -0.05) is 34.7 Å². The van der Waals surface area contributed by atoms with E-state index in [1.807, 2.05) is 12.1 Å². The largest absolute Gasteiger partial charge is 0.465 e. The average Bonchev–Trinajstić information content (AvgIpc) is 3.12. The molecule has 0 fully saturated rings. The van der Waals surface area contributed by atoms with Crippen molar-refractivity contribution in [2.45, 2.75) is 10.1 Å². The monoisotopic (exact) mass is 476 g/mol. The van der Waals surface area contributed by atoms with E-state index < -0.39 is 5.97 Å². The van der Waals surface area contributed by atoms with E-state index in [9.17, 15) is 9.59 Å². The van der Waals surface area contributed by atoms with Crippen molar-refractivity contribution in [1.82, 2.24) is 19.7 Å². The topological polar surface area (TPSA) is 89.9 Å². The molecular weight excluding hydrogens is 464 g/mol. The lowest BCUT2D eigenvalue weighted by molar-refractivity contribution is 0.0601. The van der Waals surface area contributed by atoms with E-state index in [1.54, 1.807) is 28.9 Å². The molecular formula is C19H13ClN4O3S3. The third-order valence-electron chi connectivity index (χ3n) is 4.11. The molecule has 0 unspecified atom stereocenters. The van der Waals surface area contributed by atoms with Crippen LogP contribution in [0.3, 0.4) is 0 Å². The van der Waals surface area contributed by atoms with Crippen LogP contribution in [0.5, 0.6) is 0 Å². The fraction of sp³-hybridized carbons (Fsp3) is 0.105. The summed E-state index contributed by atoms with van der Waals surface area (Å²) in [6.45, 7) is 0. The van der Waals surface area contributed by atoms with Gasteiger partial charge >= 0.3 is 5.97 Å². The predicted molar refractivity (Wildman–Crippen MR) is 121 cm³/mol. The number of carbonyl (C=O) groups is 1. The van der Waals surface area contributed by atoms with E-state index in [0.717, 1.165) is 10.0 Å². The summed E-state index contributed by atoms with van der Waals surface area (Å²) in [6, 6.07) is 11.9. The zero-order valence-electron chi connectivity index (χ0n) is 15.4. The molecule has 2 aromatic heterocycles. The summed E-state index contributed by atoms with van der Waals surface area (Å²) in [5.74, 6) is 0.373. The van der Waals surface area contributed by atoms with Gasteiger partial charge in [-0.05, 0) is 54.7 Å². The molecule has 0 aliphatic heterocycles. The molecule has 7 nitrogen and oxygen atoms in total. The number of H-pyrrole nitrogens is 1. The number of aromatic amines is 1. The Morgan fingerprint density at radius 3 is 2.80 bits per heavy atom. The Morgan fingerprint density at radius 2 is 2.07 bits per heavy atom. The molecule has 2 heterocycles. The van der Waals surface area contributed by atoms with Crippen LogP contribution < -0.4 is 5.56 Å². The number of hydrogen-bond acceptors (Lipinski definition) is 8. The zero-order valence-corrected chi connectivity index (χ0v) is 18.6. The number of hydrogen-bond donors (Lipinski definition) is 1. The zero-order chi connectivity index (χ0) is 21.3. The maximum absolute atomic E-state index is 12.4. The third kappa shape index (κ3) is 4.31. The van der Waals surface area contributed by atoms with Crippen molar-refractivity contribution < 1.29 is 9.53 Å². The second kappa shape index (κ2) is 8.68. The number of aromatic nitrogens is 4. The third-order valence-corrected chi connectivity index (χ3v) is 6.74. The molecule has 1 N–H and O–H groups in total. The number of thioether (sulfide) groups is 1. The highest BCUT2D eigenvalue weighted by atomic mass is 35.5. The van der Waals surface area contributed by atoms with E-state index in [2.05, 4.69) is 15.1 Å². The smallest absolute Gasteiger partial charge is 0.337 e. The van der Waals surface area contributed by atoms with Gasteiger partial charge in [0.25, 0.3) is 5.56 Å². The molecule has 0 spiro atoms. The summed E-state index contributed by atoms with van der Waals surface area (Å²) in [4.78, 5) is 31.3. The highest BCUT2D eigenvalue weighted by molar-refractivity contribution is 8.00. The van der Waals surface area contributed by atoms with Crippen LogP contribution in [-0.2, 0) is 10.5 Å². The minimum Gasteiger partial charge on any atom is -0.465 e. The van der Waals surface area contributed by atoms with E-state index in [-0.39, 0.29) is 5.56 Å². The molecule has 30 heavy (non-hydrogen) atoms. The molecule has 0 aliphatic carbocycles. The Kier molecular flexibility index (Phi) is 6.00. The Hall–Kier alpha value is -2.53. The van der Waals surface area contributed by atoms with Crippen molar-refractivity contribution in [2.75, 3.05) is 7.11 Å². The van der Waals surface area contributed by atoms with E-state index in [4.69, 9.17) is 28.6 Å². The van der Waals surface area contributed by atoms with Crippen LogP contribution in [0.2, 0.25) is 5.02 Å². The summed E-state index contributed by atoms with van der Waals surface area (Å²) in [5, 5.41) is 5.57. The van der Waals surface area contributed by atoms with E-state index in [1.165, 1.54) is 36.3 Å². The summed E-state index contributed by atoms with van der Waals surface area (Å²) in [6.07, 6.45) is 0. The van der Waals surface area contributed by atoms with Crippen LogP contribution in [0.1, 0.15) is 16.2 Å². The molecule has 0 bridgehead atoms. The first-order valence-electron chi connectivity index (χ1n) is 8.55. The Labute approximate surface area is 188 Å². The standard InChI is InChI=1S/C19H13ClN4O3S3/c1-27-17(26)10-2-7-13-14(8-10)21-15(22-16(13)25)9-29-18-23-24(19(28)30-18)12-5-3-11(20)4-6-12/h2-8H,9H2,1H3,(H,21,22,25). The van der Waals surface area contributed by atoms with Gasteiger partial charge in [-0.2, -0.15) is 0 Å². The van der Waals surface area contributed by atoms with Gasteiger partial charge in [-0.25, -0.2) is 14.5 Å². The van der Waals surface area contributed by atoms with Gasteiger partial charge in [0.05, 0.1) is 35.0 Å². The molecule has 2 aromatic carbocycles. The number of nitrogens with one attached hydrogen (secondary N) is 1. The van der Waals surface area contributed by atoms with Crippen LogP contribution >= 0.6 is 46.9 Å². The minimum atomic E-state index is -0.484. The van der Waals surface area contributed by atoms with Gasteiger partial charge in [0, 0.05) is 5.02 Å². The van der Waals surface area contributed by atoms with Crippen molar-refractivity contribution >= 4 is 63.8 Å². The molecule has 0 saturated heterocycles. The van der Waals surface area contributed by atoms with Crippen LogP contribution in [0, 0.1) is 3.95 Å². The lowest BCUT2D eigenvalue weighted by Crippen LogP contribution is -2.12. The fourth-order valence-electron chi connectivity index (χ4n) is 2.70. The molecule has 0 radical (unpaired) electrons. The van der Waals surface area contributed by atoms with Crippen molar-refractivity contribution in [1.29, 1.82) is 0 Å². The highest BCUT2D eigenvalue weighted by Gasteiger charge is 2.12. The number of esters is 1. The number of methoxy groups -OCH3 is 1. The van der Waals surface area contributed by atoms with Crippen molar-refractivity contribution in [2.24, 2.45) is 0 Å². The maximum atomic E-state index is 12.4. The number of fused-ring (bicyclic) bond motifs is 1. The van der Waals surface area contributed by atoms with Gasteiger partial charge in [-0.3, -0.25) is 4.79 Å². The van der Waals surface area contributed by atoms with Crippen LogP contribution in [0.4, 0.5) is 0 Å². The first-order valence-corrected chi connectivity index (χ1v) is 11.1. The number of ether oxygens (including phenoxy) is 1. The summed E-state index contributed by atoms with van der Waals surface area (Å²) >= 11 is 14.1. The molecule has 4 rings (SSSR count). The van der Waals surface area contributed by atoms with Gasteiger partial charge in [-0.15, -0.1) is 5.10 Å². The number of halogens is 1. The molecule has 152 valence electrons. The first kappa shape index (κ1) is 20.7. The maximum Gasteiger partial charge on any atom is 0.337 e. The van der Waals surface area contributed by atoms with E-state index >= 15 is 0 Å². The van der Waals surface area contributed by atoms with Crippen molar-refractivity contribution in [3.63, 3.8) is 0 Å². The first-order chi connectivity index (χ1) is 14.4. The summed E-state index contributed by atoms with van der Waals surface area (Å²) < 4.78 is 7.73. The Bertz CT molecular complexity index is 1360. The number of benzene rings is 2.